The number of urea groups is 1. The minimum atomic E-state index is -0.280. The van der Waals surface area contributed by atoms with Crippen LogP contribution in [0.5, 0.6) is 0 Å². The number of hydrogen-bond donors (Lipinski definition) is 2. The number of rotatable bonds is 3. The van der Waals surface area contributed by atoms with Crippen LogP contribution in [-0.2, 0) is 4.79 Å². The van der Waals surface area contributed by atoms with Gasteiger partial charge in [0.25, 0.3) is 0 Å². The van der Waals surface area contributed by atoms with Crippen LogP contribution in [0, 0.1) is 20.8 Å². The summed E-state index contributed by atoms with van der Waals surface area (Å²) in [6.07, 6.45) is 0.314. The van der Waals surface area contributed by atoms with Crippen molar-refractivity contribution in [2.24, 2.45) is 0 Å². The van der Waals surface area contributed by atoms with Gasteiger partial charge in [0.05, 0.1) is 6.04 Å². The zero-order valence-corrected chi connectivity index (χ0v) is 14.8. The molecule has 1 fully saturated rings. The van der Waals surface area contributed by atoms with Crippen molar-refractivity contribution < 1.29 is 9.59 Å². The van der Waals surface area contributed by atoms with Crippen LogP contribution < -0.4 is 15.5 Å². The zero-order valence-electron chi connectivity index (χ0n) is 14.8. The molecule has 0 aromatic heterocycles. The smallest absolute Gasteiger partial charge is 0.319 e. The Balaban J connectivity index is 1.62. The van der Waals surface area contributed by atoms with Crippen LogP contribution in [0.15, 0.2) is 42.5 Å². The Morgan fingerprint density at radius 2 is 1.72 bits per heavy atom. The largest absolute Gasteiger partial charge is 0.333 e. The van der Waals surface area contributed by atoms with E-state index in [4.69, 9.17) is 0 Å². The fraction of sp³-hybridized carbons (Fsp3) is 0.300. The quantitative estimate of drug-likeness (QED) is 0.900. The minimum absolute atomic E-state index is 0.0286. The normalized spacial score (nSPS) is 16.8. The van der Waals surface area contributed by atoms with Crippen molar-refractivity contribution in [1.29, 1.82) is 0 Å². The summed E-state index contributed by atoms with van der Waals surface area (Å²) in [7, 11) is 0. The standard InChI is InChI=1S/C20H23N3O2/c1-13-5-8-17(9-6-13)23-12-16(11-19(23)24)21-20(25)22-18-10-14(2)4-7-15(18)3/h4-10,16H,11-12H2,1-3H3,(H2,21,22,25)/t16-/m1/s1. The van der Waals surface area contributed by atoms with E-state index < -0.39 is 0 Å². The van der Waals surface area contributed by atoms with E-state index in [1.54, 1.807) is 4.90 Å². The predicted molar refractivity (Wildman–Crippen MR) is 100 cm³/mol. The van der Waals surface area contributed by atoms with Gasteiger partial charge in [-0.3, -0.25) is 4.79 Å². The molecule has 5 nitrogen and oxygen atoms in total. The molecular formula is C20H23N3O2. The maximum absolute atomic E-state index is 12.3. The molecule has 0 aliphatic carbocycles. The average molecular weight is 337 g/mol. The van der Waals surface area contributed by atoms with Gasteiger partial charge in [-0.1, -0.05) is 29.8 Å². The lowest BCUT2D eigenvalue weighted by atomic mass is 10.1. The van der Waals surface area contributed by atoms with Gasteiger partial charge in [0.2, 0.25) is 5.91 Å². The zero-order chi connectivity index (χ0) is 18.0. The van der Waals surface area contributed by atoms with Crippen molar-refractivity contribution in [2.45, 2.75) is 33.2 Å². The molecule has 3 rings (SSSR count). The van der Waals surface area contributed by atoms with E-state index in [-0.39, 0.29) is 18.0 Å². The molecule has 0 saturated carbocycles. The Morgan fingerprint density at radius 1 is 1.04 bits per heavy atom. The number of amides is 3. The first-order chi connectivity index (χ1) is 11.9. The lowest BCUT2D eigenvalue weighted by Gasteiger charge is -2.18. The molecule has 1 saturated heterocycles. The lowest BCUT2D eigenvalue weighted by Crippen LogP contribution is -2.39. The second kappa shape index (κ2) is 6.97. The van der Waals surface area contributed by atoms with E-state index in [9.17, 15) is 9.59 Å². The van der Waals surface area contributed by atoms with Crippen molar-refractivity contribution in [3.8, 4) is 0 Å². The number of aryl methyl sites for hydroxylation is 3. The fourth-order valence-corrected chi connectivity index (χ4v) is 2.99. The van der Waals surface area contributed by atoms with Crippen LogP contribution in [-0.4, -0.2) is 24.5 Å². The topological polar surface area (TPSA) is 61.4 Å². The summed E-state index contributed by atoms with van der Waals surface area (Å²) < 4.78 is 0. The van der Waals surface area contributed by atoms with E-state index in [1.807, 2.05) is 63.2 Å². The summed E-state index contributed by atoms with van der Waals surface area (Å²) in [4.78, 5) is 26.3. The molecule has 1 aliphatic rings. The van der Waals surface area contributed by atoms with Gasteiger partial charge in [0.15, 0.2) is 0 Å². The van der Waals surface area contributed by atoms with Crippen molar-refractivity contribution in [1.82, 2.24) is 5.32 Å². The highest BCUT2D eigenvalue weighted by Gasteiger charge is 2.31. The van der Waals surface area contributed by atoms with E-state index in [1.165, 1.54) is 0 Å². The summed E-state index contributed by atoms with van der Waals surface area (Å²) in [5, 5.41) is 5.78. The van der Waals surface area contributed by atoms with Gasteiger partial charge in [0.1, 0.15) is 0 Å². The Kier molecular flexibility index (Phi) is 4.74. The molecule has 25 heavy (non-hydrogen) atoms. The number of carbonyl (C=O) groups is 2. The number of anilines is 2. The van der Waals surface area contributed by atoms with Gasteiger partial charge in [-0.2, -0.15) is 0 Å². The van der Waals surface area contributed by atoms with Crippen molar-refractivity contribution in [3.63, 3.8) is 0 Å². The Hall–Kier alpha value is -2.82. The molecule has 1 heterocycles. The van der Waals surface area contributed by atoms with Gasteiger partial charge in [-0.15, -0.1) is 0 Å². The maximum atomic E-state index is 12.3. The van der Waals surface area contributed by atoms with Crippen LogP contribution in [0.2, 0.25) is 0 Å². The van der Waals surface area contributed by atoms with E-state index >= 15 is 0 Å². The van der Waals surface area contributed by atoms with Crippen molar-refractivity contribution in [3.05, 3.63) is 59.2 Å². The third kappa shape index (κ3) is 3.99. The van der Waals surface area contributed by atoms with Crippen molar-refractivity contribution in [2.75, 3.05) is 16.8 Å². The number of nitrogens with zero attached hydrogens (tertiary/aromatic N) is 1. The number of benzene rings is 2. The molecule has 3 amide bonds. The molecule has 2 N–H and O–H groups in total. The molecule has 2 aromatic rings. The average Bonchev–Trinajstić information content (AvgIpc) is 2.92. The third-order valence-electron chi connectivity index (χ3n) is 4.45. The third-order valence-corrected chi connectivity index (χ3v) is 4.45. The predicted octanol–water partition coefficient (Wildman–Crippen LogP) is 3.54. The van der Waals surface area contributed by atoms with Crippen molar-refractivity contribution >= 4 is 23.3 Å². The molecule has 2 aromatic carbocycles. The Labute approximate surface area is 148 Å². The van der Waals surface area contributed by atoms with Gasteiger partial charge in [-0.25, -0.2) is 4.79 Å². The summed E-state index contributed by atoms with van der Waals surface area (Å²) >= 11 is 0. The van der Waals surface area contributed by atoms with Crippen LogP contribution in [0.1, 0.15) is 23.1 Å². The highest BCUT2D eigenvalue weighted by Crippen LogP contribution is 2.22. The van der Waals surface area contributed by atoms with Crippen LogP contribution in [0.3, 0.4) is 0 Å². The van der Waals surface area contributed by atoms with Crippen LogP contribution in [0.4, 0.5) is 16.2 Å². The monoisotopic (exact) mass is 337 g/mol. The SMILES string of the molecule is Cc1ccc(N2C[C@H](NC(=O)Nc3cc(C)ccc3C)CC2=O)cc1. The fourth-order valence-electron chi connectivity index (χ4n) is 2.99. The number of hydrogen-bond acceptors (Lipinski definition) is 2. The first-order valence-electron chi connectivity index (χ1n) is 8.44. The summed E-state index contributed by atoms with van der Waals surface area (Å²) in [5.41, 5.74) is 4.90. The summed E-state index contributed by atoms with van der Waals surface area (Å²) in [6.45, 7) is 6.44. The second-order valence-corrected chi connectivity index (χ2v) is 6.66. The Morgan fingerprint density at radius 3 is 2.44 bits per heavy atom. The number of carbonyl (C=O) groups excluding carboxylic acids is 2. The Bertz CT molecular complexity index is 799. The lowest BCUT2D eigenvalue weighted by molar-refractivity contribution is -0.117. The molecular weight excluding hydrogens is 314 g/mol. The molecule has 0 unspecified atom stereocenters. The van der Waals surface area contributed by atoms with Gasteiger partial charge in [-0.05, 0) is 50.1 Å². The van der Waals surface area contributed by atoms with Gasteiger partial charge >= 0.3 is 6.03 Å². The highest BCUT2D eigenvalue weighted by atomic mass is 16.2. The van der Waals surface area contributed by atoms with E-state index in [2.05, 4.69) is 10.6 Å². The van der Waals surface area contributed by atoms with Gasteiger partial charge in [0, 0.05) is 24.3 Å². The minimum Gasteiger partial charge on any atom is -0.333 e. The highest BCUT2D eigenvalue weighted by molar-refractivity contribution is 5.97. The molecule has 1 atom stereocenters. The first kappa shape index (κ1) is 17.0. The van der Waals surface area contributed by atoms with E-state index in [0.29, 0.717) is 13.0 Å². The molecule has 130 valence electrons. The van der Waals surface area contributed by atoms with Crippen LogP contribution in [0.25, 0.3) is 0 Å². The molecule has 5 heteroatoms. The summed E-state index contributed by atoms with van der Waals surface area (Å²) in [5.74, 6) is 0.0286. The maximum Gasteiger partial charge on any atom is 0.319 e. The summed E-state index contributed by atoms with van der Waals surface area (Å²) in [6, 6.07) is 13.3. The number of nitrogens with one attached hydrogen (secondary N) is 2. The first-order valence-corrected chi connectivity index (χ1v) is 8.44. The van der Waals surface area contributed by atoms with Crippen LogP contribution >= 0.6 is 0 Å². The van der Waals surface area contributed by atoms with E-state index in [0.717, 1.165) is 28.1 Å². The molecule has 0 bridgehead atoms. The van der Waals surface area contributed by atoms with Gasteiger partial charge < -0.3 is 15.5 Å². The molecule has 1 aliphatic heterocycles. The molecule has 0 radical (unpaired) electrons. The second-order valence-electron chi connectivity index (χ2n) is 6.66. The molecule has 0 spiro atoms.